The zero-order valence-electron chi connectivity index (χ0n) is 13.1. The fourth-order valence-corrected chi connectivity index (χ4v) is 5.65. The van der Waals surface area contributed by atoms with Gasteiger partial charge in [-0.2, -0.15) is 17.0 Å². The first kappa shape index (κ1) is 15.9. The van der Waals surface area contributed by atoms with Crippen LogP contribution in [0.3, 0.4) is 0 Å². The molecular weight excluding hydrogens is 300 g/mol. The SMILES string of the molecule is CCCN1C2(CCOCC2)CN(Cc2ccccc2)S1(=O)=O. The van der Waals surface area contributed by atoms with Crippen LogP contribution in [0.4, 0.5) is 0 Å². The molecular formula is C16H24N2O3S. The maximum Gasteiger partial charge on any atom is 0.282 e. The van der Waals surface area contributed by atoms with Gasteiger partial charge in [-0.15, -0.1) is 0 Å². The first-order valence-electron chi connectivity index (χ1n) is 7.98. The first-order valence-corrected chi connectivity index (χ1v) is 9.38. The Labute approximate surface area is 133 Å². The van der Waals surface area contributed by atoms with Crippen molar-refractivity contribution in [1.29, 1.82) is 0 Å². The van der Waals surface area contributed by atoms with Crippen molar-refractivity contribution in [2.24, 2.45) is 0 Å². The van der Waals surface area contributed by atoms with Gasteiger partial charge in [-0.05, 0) is 24.8 Å². The van der Waals surface area contributed by atoms with E-state index < -0.39 is 10.2 Å². The van der Waals surface area contributed by atoms with E-state index >= 15 is 0 Å². The summed E-state index contributed by atoms with van der Waals surface area (Å²) in [6.45, 7) is 4.94. The summed E-state index contributed by atoms with van der Waals surface area (Å²) in [5, 5.41) is 0. The van der Waals surface area contributed by atoms with Gasteiger partial charge in [0.25, 0.3) is 10.2 Å². The molecule has 2 aliphatic rings. The third-order valence-electron chi connectivity index (χ3n) is 4.66. The largest absolute Gasteiger partial charge is 0.381 e. The Kier molecular flexibility index (Phi) is 4.54. The minimum absolute atomic E-state index is 0.276. The summed E-state index contributed by atoms with van der Waals surface area (Å²) < 4.78 is 34.8. The van der Waals surface area contributed by atoms with E-state index in [-0.39, 0.29) is 5.54 Å². The van der Waals surface area contributed by atoms with Gasteiger partial charge in [0.1, 0.15) is 0 Å². The van der Waals surface area contributed by atoms with E-state index in [1.54, 1.807) is 8.61 Å². The monoisotopic (exact) mass is 324 g/mol. The van der Waals surface area contributed by atoms with E-state index in [1.807, 2.05) is 37.3 Å². The van der Waals surface area contributed by atoms with Crippen molar-refractivity contribution in [2.45, 2.75) is 38.3 Å². The van der Waals surface area contributed by atoms with Gasteiger partial charge in [-0.3, -0.25) is 0 Å². The molecule has 1 aromatic rings. The molecule has 0 saturated carbocycles. The summed E-state index contributed by atoms with van der Waals surface area (Å²) >= 11 is 0. The second-order valence-electron chi connectivity index (χ2n) is 6.17. The molecule has 0 bridgehead atoms. The molecule has 0 aliphatic carbocycles. The molecule has 2 saturated heterocycles. The Morgan fingerprint density at radius 3 is 2.50 bits per heavy atom. The number of hydrogen-bond acceptors (Lipinski definition) is 3. The molecule has 122 valence electrons. The standard InChI is InChI=1S/C16H24N2O3S/c1-2-10-18-16(8-11-21-12-9-16)14-17(22(18,19)20)13-15-6-4-3-5-7-15/h3-7H,2,8-14H2,1H3. The molecule has 22 heavy (non-hydrogen) atoms. The Morgan fingerprint density at radius 1 is 1.18 bits per heavy atom. The molecule has 2 fully saturated rings. The van der Waals surface area contributed by atoms with E-state index in [9.17, 15) is 8.42 Å². The molecule has 2 heterocycles. The minimum Gasteiger partial charge on any atom is -0.381 e. The molecule has 2 aliphatic heterocycles. The first-order chi connectivity index (χ1) is 10.6. The van der Waals surface area contributed by atoms with Crippen molar-refractivity contribution in [3.8, 4) is 0 Å². The third-order valence-corrected chi connectivity index (χ3v) is 6.69. The van der Waals surface area contributed by atoms with Crippen molar-refractivity contribution >= 4 is 10.2 Å². The van der Waals surface area contributed by atoms with Crippen LogP contribution in [0.25, 0.3) is 0 Å². The predicted molar refractivity (Wildman–Crippen MR) is 85.6 cm³/mol. The molecule has 0 atom stereocenters. The van der Waals surface area contributed by atoms with Crippen LogP contribution in [0.2, 0.25) is 0 Å². The molecule has 0 aromatic heterocycles. The van der Waals surface area contributed by atoms with Crippen LogP contribution in [-0.4, -0.2) is 48.9 Å². The van der Waals surface area contributed by atoms with Crippen molar-refractivity contribution in [2.75, 3.05) is 26.3 Å². The Morgan fingerprint density at radius 2 is 1.86 bits per heavy atom. The molecule has 0 radical (unpaired) electrons. The van der Waals surface area contributed by atoms with E-state index in [1.165, 1.54) is 0 Å². The van der Waals surface area contributed by atoms with Gasteiger partial charge in [0.2, 0.25) is 0 Å². The lowest BCUT2D eigenvalue weighted by Crippen LogP contribution is -2.51. The van der Waals surface area contributed by atoms with Crippen LogP contribution in [0, 0.1) is 0 Å². The lowest BCUT2D eigenvalue weighted by atomic mass is 9.89. The van der Waals surface area contributed by atoms with Crippen LogP contribution in [-0.2, 0) is 21.5 Å². The summed E-state index contributed by atoms with van der Waals surface area (Å²) in [5.41, 5.74) is 0.758. The lowest BCUT2D eigenvalue weighted by molar-refractivity contribution is 0.0117. The van der Waals surface area contributed by atoms with E-state index in [4.69, 9.17) is 4.74 Å². The predicted octanol–water partition coefficient (Wildman–Crippen LogP) is 2.01. The highest BCUT2D eigenvalue weighted by Gasteiger charge is 2.54. The molecule has 0 unspecified atom stereocenters. The number of ether oxygens (including phenoxy) is 1. The van der Waals surface area contributed by atoms with Crippen LogP contribution in [0.1, 0.15) is 31.7 Å². The second-order valence-corrected chi connectivity index (χ2v) is 8.02. The highest BCUT2D eigenvalue weighted by Crippen LogP contribution is 2.39. The normalized spacial score (nSPS) is 24.8. The fraction of sp³-hybridized carbons (Fsp3) is 0.625. The zero-order valence-corrected chi connectivity index (χ0v) is 13.9. The summed E-state index contributed by atoms with van der Waals surface area (Å²) in [7, 11) is -3.39. The van der Waals surface area contributed by atoms with E-state index in [2.05, 4.69) is 0 Å². The molecule has 1 aromatic carbocycles. The molecule has 5 nitrogen and oxygen atoms in total. The maximum absolute atomic E-state index is 13.0. The molecule has 3 rings (SSSR count). The van der Waals surface area contributed by atoms with Gasteiger partial charge in [-0.25, -0.2) is 0 Å². The molecule has 0 N–H and O–H groups in total. The Hall–Kier alpha value is -0.950. The van der Waals surface area contributed by atoms with Crippen molar-refractivity contribution in [3.05, 3.63) is 35.9 Å². The van der Waals surface area contributed by atoms with Gasteiger partial charge in [0.05, 0.1) is 5.54 Å². The molecule has 6 heteroatoms. The van der Waals surface area contributed by atoms with Crippen LogP contribution >= 0.6 is 0 Å². The second kappa shape index (κ2) is 6.28. The summed E-state index contributed by atoms with van der Waals surface area (Å²) in [4.78, 5) is 0. The summed E-state index contributed by atoms with van der Waals surface area (Å²) in [6, 6.07) is 9.81. The smallest absolute Gasteiger partial charge is 0.282 e. The Balaban J connectivity index is 1.88. The van der Waals surface area contributed by atoms with Crippen molar-refractivity contribution < 1.29 is 13.2 Å². The highest BCUT2D eigenvalue weighted by molar-refractivity contribution is 7.87. The van der Waals surface area contributed by atoms with Crippen LogP contribution < -0.4 is 0 Å². The average Bonchev–Trinajstić information content (AvgIpc) is 2.71. The summed E-state index contributed by atoms with van der Waals surface area (Å²) in [6.07, 6.45) is 2.41. The van der Waals surface area contributed by atoms with Gasteiger partial charge in [0, 0.05) is 32.8 Å². The average molecular weight is 324 g/mol. The topological polar surface area (TPSA) is 49.9 Å². The Bertz CT molecular complexity index is 597. The molecule has 1 spiro atoms. The van der Waals surface area contributed by atoms with Crippen molar-refractivity contribution in [3.63, 3.8) is 0 Å². The van der Waals surface area contributed by atoms with Crippen LogP contribution in [0.5, 0.6) is 0 Å². The number of rotatable bonds is 4. The zero-order chi connectivity index (χ0) is 15.6. The third kappa shape index (κ3) is 2.80. The van der Waals surface area contributed by atoms with Gasteiger partial charge >= 0.3 is 0 Å². The maximum atomic E-state index is 13.0. The van der Waals surface area contributed by atoms with Crippen LogP contribution in [0.15, 0.2) is 30.3 Å². The van der Waals surface area contributed by atoms with Gasteiger partial charge in [0.15, 0.2) is 0 Å². The molecule has 0 amide bonds. The van der Waals surface area contributed by atoms with Gasteiger partial charge < -0.3 is 4.74 Å². The van der Waals surface area contributed by atoms with Crippen molar-refractivity contribution in [1.82, 2.24) is 8.61 Å². The van der Waals surface area contributed by atoms with E-state index in [0.717, 1.165) is 24.8 Å². The number of benzene rings is 1. The fourth-order valence-electron chi connectivity index (χ4n) is 3.51. The van der Waals surface area contributed by atoms with E-state index in [0.29, 0.717) is 32.8 Å². The quantitative estimate of drug-likeness (QED) is 0.851. The number of hydrogen-bond donors (Lipinski definition) is 0. The lowest BCUT2D eigenvalue weighted by Gasteiger charge is -2.38. The van der Waals surface area contributed by atoms with Gasteiger partial charge in [-0.1, -0.05) is 37.3 Å². The summed E-state index contributed by atoms with van der Waals surface area (Å²) in [5.74, 6) is 0. The minimum atomic E-state index is -3.39. The number of nitrogens with zero attached hydrogens (tertiary/aromatic N) is 2. The highest BCUT2D eigenvalue weighted by atomic mass is 32.2.